The van der Waals surface area contributed by atoms with Crippen molar-refractivity contribution < 1.29 is 19.4 Å². The first kappa shape index (κ1) is 25.3. The minimum atomic E-state index is -0.738. The first-order chi connectivity index (χ1) is 17.8. The Labute approximate surface area is 220 Å². The zero-order chi connectivity index (χ0) is 25.9. The third-order valence-corrected chi connectivity index (χ3v) is 7.58. The normalized spacial score (nSPS) is 21.9. The number of pyridine rings is 1. The van der Waals surface area contributed by atoms with Crippen LogP contribution in [0.4, 0.5) is 0 Å². The summed E-state index contributed by atoms with van der Waals surface area (Å²) in [5.41, 5.74) is 5.27. The zero-order valence-corrected chi connectivity index (χ0v) is 21.6. The number of aromatic amines is 1. The van der Waals surface area contributed by atoms with Crippen LogP contribution in [0.3, 0.4) is 0 Å². The van der Waals surface area contributed by atoms with Gasteiger partial charge in [0.25, 0.3) is 6.01 Å². The number of nitrogens with zero attached hydrogens (tertiary/aromatic N) is 2. The number of nitrogens with one attached hydrogen (secondary N) is 2. The number of fused-ring (bicyclic) bond motifs is 1. The summed E-state index contributed by atoms with van der Waals surface area (Å²) in [4.78, 5) is 34.7. The molecule has 2 heterocycles. The lowest BCUT2D eigenvalue weighted by atomic mass is 9.85. The highest BCUT2D eigenvalue weighted by Gasteiger charge is 2.25. The summed E-state index contributed by atoms with van der Waals surface area (Å²) in [6, 6.07) is 10.7. The number of amides is 1. The van der Waals surface area contributed by atoms with Crippen LogP contribution in [0.15, 0.2) is 36.4 Å². The van der Waals surface area contributed by atoms with E-state index in [1.807, 2.05) is 18.2 Å². The van der Waals surface area contributed by atoms with Crippen molar-refractivity contribution in [1.29, 1.82) is 0 Å². The lowest BCUT2D eigenvalue weighted by molar-refractivity contribution is -0.138. The van der Waals surface area contributed by atoms with Crippen LogP contribution in [0.2, 0.25) is 5.02 Å². The van der Waals surface area contributed by atoms with Gasteiger partial charge in [0.1, 0.15) is 6.10 Å². The molecule has 1 unspecified atom stereocenters. The molecule has 1 aromatic carbocycles. The number of aliphatic carboxylic acids is 1. The van der Waals surface area contributed by atoms with E-state index in [1.54, 1.807) is 6.92 Å². The zero-order valence-electron chi connectivity index (χ0n) is 20.8. The minimum Gasteiger partial charge on any atom is -0.481 e. The average molecular weight is 523 g/mol. The van der Waals surface area contributed by atoms with Crippen molar-refractivity contribution in [3.8, 4) is 17.3 Å². The van der Waals surface area contributed by atoms with Crippen molar-refractivity contribution in [1.82, 2.24) is 20.3 Å². The highest BCUT2D eigenvalue weighted by atomic mass is 35.5. The SMILES string of the molecule is CC(=O)NC1CC=C(c2ccc(-c3nc4nc(OC5CCC(CC(=O)O)CC5)[nH]c4cc3Cl)cc2)CC1. The summed E-state index contributed by atoms with van der Waals surface area (Å²) in [6.45, 7) is 1.56. The number of carboxylic acid groups (broad SMARTS) is 1. The van der Waals surface area contributed by atoms with Crippen molar-refractivity contribution in [2.45, 2.75) is 70.4 Å². The molecule has 0 bridgehead atoms. The Morgan fingerprint density at radius 3 is 2.49 bits per heavy atom. The van der Waals surface area contributed by atoms with E-state index in [4.69, 9.17) is 26.4 Å². The molecule has 1 atom stereocenters. The van der Waals surface area contributed by atoms with Gasteiger partial charge in [-0.3, -0.25) is 9.59 Å². The van der Waals surface area contributed by atoms with Crippen LogP contribution >= 0.6 is 11.6 Å². The van der Waals surface area contributed by atoms with E-state index < -0.39 is 5.97 Å². The van der Waals surface area contributed by atoms with Gasteiger partial charge in [-0.2, -0.15) is 4.98 Å². The molecule has 0 spiro atoms. The molecule has 1 amide bonds. The Kier molecular flexibility index (Phi) is 7.46. The first-order valence-corrected chi connectivity index (χ1v) is 13.2. The topological polar surface area (TPSA) is 117 Å². The molecule has 8 nitrogen and oxygen atoms in total. The lowest BCUT2D eigenvalue weighted by Crippen LogP contribution is -2.33. The molecule has 2 aliphatic rings. The molecule has 0 radical (unpaired) electrons. The molecule has 3 aromatic rings. The third kappa shape index (κ3) is 6.13. The molecule has 2 aliphatic carbocycles. The van der Waals surface area contributed by atoms with Crippen molar-refractivity contribution in [3.05, 3.63) is 47.0 Å². The Morgan fingerprint density at radius 2 is 1.84 bits per heavy atom. The largest absolute Gasteiger partial charge is 0.481 e. The van der Waals surface area contributed by atoms with Crippen LogP contribution < -0.4 is 10.1 Å². The maximum Gasteiger partial charge on any atom is 0.303 e. The van der Waals surface area contributed by atoms with Gasteiger partial charge >= 0.3 is 5.97 Å². The van der Waals surface area contributed by atoms with E-state index in [1.165, 1.54) is 5.57 Å². The van der Waals surface area contributed by atoms with Gasteiger partial charge in [-0.05, 0) is 68.1 Å². The van der Waals surface area contributed by atoms with Crippen LogP contribution in [0, 0.1) is 5.92 Å². The number of halogens is 1. The molecule has 2 aromatic heterocycles. The average Bonchev–Trinajstić information content (AvgIpc) is 3.25. The molecule has 5 rings (SSSR count). The van der Waals surface area contributed by atoms with Gasteiger partial charge in [-0.15, -0.1) is 0 Å². The van der Waals surface area contributed by atoms with Crippen molar-refractivity contribution in [3.63, 3.8) is 0 Å². The van der Waals surface area contributed by atoms with E-state index in [0.717, 1.165) is 56.1 Å². The third-order valence-electron chi connectivity index (χ3n) is 7.29. The number of carbonyl (C=O) groups excluding carboxylic acids is 1. The van der Waals surface area contributed by atoms with Crippen LogP contribution in [0.5, 0.6) is 6.01 Å². The molecule has 0 aliphatic heterocycles. The molecule has 1 fully saturated rings. The molecule has 1 saturated carbocycles. The Hall–Kier alpha value is -3.39. The fraction of sp³-hybridized carbons (Fsp3) is 0.429. The van der Waals surface area contributed by atoms with Crippen LogP contribution in [-0.4, -0.2) is 44.1 Å². The van der Waals surface area contributed by atoms with Crippen LogP contribution in [0.25, 0.3) is 28.0 Å². The molecule has 9 heteroatoms. The van der Waals surface area contributed by atoms with Gasteiger partial charge < -0.3 is 20.1 Å². The fourth-order valence-electron chi connectivity index (χ4n) is 5.37. The molecular formula is C28H31ClN4O4. The lowest BCUT2D eigenvalue weighted by Gasteiger charge is -2.27. The summed E-state index contributed by atoms with van der Waals surface area (Å²) < 4.78 is 6.06. The Morgan fingerprint density at radius 1 is 1.11 bits per heavy atom. The molecular weight excluding hydrogens is 492 g/mol. The van der Waals surface area contributed by atoms with Crippen molar-refractivity contribution >= 4 is 40.2 Å². The summed E-state index contributed by atoms with van der Waals surface area (Å²) in [5.74, 6) is -0.501. The summed E-state index contributed by atoms with van der Waals surface area (Å²) >= 11 is 6.60. The first-order valence-electron chi connectivity index (χ1n) is 12.9. The number of rotatable bonds is 7. The van der Waals surface area contributed by atoms with Gasteiger partial charge in [0, 0.05) is 24.9 Å². The Bertz CT molecular complexity index is 1330. The molecule has 194 valence electrons. The van der Waals surface area contributed by atoms with Crippen molar-refractivity contribution in [2.75, 3.05) is 0 Å². The number of hydrogen-bond acceptors (Lipinski definition) is 5. The maximum atomic E-state index is 11.3. The van der Waals surface area contributed by atoms with Gasteiger partial charge in [0.05, 0.1) is 16.2 Å². The summed E-state index contributed by atoms with van der Waals surface area (Å²) in [6.07, 6.45) is 8.44. The van der Waals surface area contributed by atoms with Crippen LogP contribution in [-0.2, 0) is 9.59 Å². The van der Waals surface area contributed by atoms with Crippen molar-refractivity contribution in [2.24, 2.45) is 5.92 Å². The Balaban J connectivity index is 1.26. The number of H-pyrrole nitrogens is 1. The van der Waals surface area contributed by atoms with E-state index in [2.05, 4.69) is 33.5 Å². The second-order valence-electron chi connectivity index (χ2n) is 10.1. The standard InChI is InChI=1S/C28H31ClN4O4/c1-16(34)30-21-10-8-19(9-11-21)18-4-6-20(7-5-18)26-23(29)15-24-27(32-26)33-28(31-24)37-22-12-2-17(3-13-22)14-25(35)36/h4-8,15,17,21-22H,2-3,9-14H2,1H3,(H,30,34)(H,35,36)(H,31,32,33). The van der Waals surface area contributed by atoms with E-state index in [9.17, 15) is 9.59 Å². The van der Waals surface area contributed by atoms with Gasteiger partial charge in [-0.1, -0.05) is 41.9 Å². The minimum absolute atomic E-state index is 0.00991. The summed E-state index contributed by atoms with van der Waals surface area (Å²) in [7, 11) is 0. The monoisotopic (exact) mass is 522 g/mol. The number of carbonyl (C=O) groups is 2. The smallest absolute Gasteiger partial charge is 0.303 e. The fourth-order valence-corrected chi connectivity index (χ4v) is 5.63. The molecule has 3 N–H and O–H groups in total. The number of imidazole rings is 1. The molecule has 0 saturated heterocycles. The van der Waals surface area contributed by atoms with E-state index >= 15 is 0 Å². The number of hydrogen-bond donors (Lipinski definition) is 3. The second-order valence-corrected chi connectivity index (χ2v) is 10.5. The van der Waals surface area contributed by atoms with E-state index in [0.29, 0.717) is 27.9 Å². The number of allylic oxidation sites excluding steroid dienone is 1. The van der Waals surface area contributed by atoms with Gasteiger partial charge in [-0.25, -0.2) is 4.98 Å². The van der Waals surface area contributed by atoms with Gasteiger partial charge in [0.15, 0.2) is 5.65 Å². The highest BCUT2D eigenvalue weighted by Crippen LogP contribution is 2.33. The van der Waals surface area contributed by atoms with Gasteiger partial charge in [0.2, 0.25) is 5.91 Å². The molecule has 37 heavy (non-hydrogen) atoms. The predicted molar refractivity (Wildman–Crippen MR) is 142 cm³/mol. The number of ether oxygens (including phenoxy) is 1. The highest BCUT2D eigenvalue weighted by molar-refractivity contribution is 6.33. The maximum absolute atomic E-state index is 11.3. The predicted octanol–water partition coefficient (Wildman–Crippen LogP) is 5.76. The summed E-state index contributed by atoms with van der Waals surface area (Å²) in [5, 5.41) is 12.5. The van der Waals surface area contributed by atoms with E-state index in [-0.39, 0.29) is 30.4 Å². The number of aromatic nitrogens is 3. The van der Waals surface area contributed by atoms with Crippen LogP contribution in [0.1, 0.15) is 63.9 Å². The number of benzene rings is 1. The second kappa shape index (κ2) is 10.9. The quantitative estimate of drug-likeness (QED) is 0.363. The number of carboxylic acids is 1.